The topological polar surface area (TPSA) is 59.1 Å². The highest BCUT2D eigenvalue weighted by molar-refractivity contribution is 5.62. The molecule has 5 heteroatoms. The van der Waals surface area contributed by atoms with Gasteiger partial charge in [0.1, 0.15) is 11.6 Å². The summed E-state index contributed by atoms with van der Waals surface area (Å²) in [6.07, 6.45) is 0.951. The third kappa shape index (κ3) is 4.51. The maximum atomic E-state index is 5.47. The molecule has 0 atom stereocenters. The van der Waals surface area contributed by atoms with Gasteiger partial charge < -0.3 is 15.4 Å². The molecule has 0 unspecified atom stereocenters. The van der Waals surface area contributed by atoms with Gasteiger partial charge in [0.15, 0.2) is 0 Å². The first-order valence-electron chi connectivity index (χ1n) is 8.88. The Bertz CT molecular complexity index is 862. The highest BCUT2D eigenvalue weighted by Gasteiger charge is 2.06. The lowest BCUT2D eigenvalue weighted by Crippen LogP contribution is -2.03. The molecule has 0 amide bonds. The van der Waals surface area contributed by atoms with E-state index in [1.54, 1.807) is 0 Å². The molecule has 5 nitrogen and oxygen atoms in total. The Hall–Kier alpha value is -3.08. The van der Waals surface area contributed by atoms with E-state index in [4.69, 9.17) is 4.74 Å². The molecule has 0 aliphatic carbocycles. The Morgan fingerprint density at radius 3 is 2.42 bits per heavy atom. The average Bonchev–Trinajstić information content (AvgIpc) is 2.63. The Balaban J connectivity index is 1.79. The lowest BCUT2D eigenvalue weighted by Gasteiger charge is -2.12. The van der Waals surface area contributed by atoms with E-state index >= 15 is 0 Å². The summed E-state index contributed by atoms with van der Waals surface area (Å²) in [5, 5.41) is 6.66. The van der Waals surface area contributed by atoms with Gasteiger partial charge in [0.25, 0.3) is 0 Å². The van der Waals surface area contributed by atoms with Crippen molar-refractivity contribution in [2.45, 2.75) is 27.2 Å². The third-order valence-electron chi connectivity index (χ3n) is 3.94. The summed E-state index contributed by atoms with van der Waals surface area (Å²) in [4.78, 5) is 9.10. The Kier molecular flexibility index (Phi) is 5.69. The summed E-state index contributed by atoms with van der Waals surface area (Å²) in [6.45, 7) is 6.73. The number of nitrogens with zero attached hydrogens (tertiary/aromatic N) is 2. The zero-order valence-electron chi connectivity index (χ0n) is 15.4. The van der Waals surface area contributed by atoms with Crippen molar-refractivity contribution in [1.82, 2.24) is 9.97 Å². The van der Waals surface area contributed by atoms with Gasteiger partial charge in [-0.1, -0.05) is 25.1 Å². The Morgan fingerprint density at radius 2 is 1.69 bits per heavy atom. The van der Waals surface area contributed by atoms with E-state index in [1.807, 2.05) is 62.4 Å². The van der Waals surface area contributed by atoms with E-state index in [9.17, 15) is 0 Å². The largest absolute Gasteiger partial charge is 0.494 e. The van der Waals surface area contributed by atoms with Crippen molar-refractivity contribution in [1.29, 1.82) is 0 Å². The van der Waals surface area contributed by atoms with Crippen LogP contribution in [0.5, 0.6) is 5.75 Å². The molecule has 0 aliphatic heterocycles. The number of rotatable bonds is 7. The van der Waals surface area contributed by atoms with Crippen LogP contribution in [-0.4, -0.2) is 16.6 Å². The van der Waals surface area contributed by atoms with Gasteiger partial charge >= 0.3 is 0 Å². The van der Waals surface area contributed by atoms with Crippen molar-refractivity contribution in [2.75, 3.05) is 17.2 Å². The van der Waals surface area contributed by atoms with E-state index in [0.717, 1.165) is 35.1 Å². The molecule has 2 N–H and O–H groups in total. The maximum absolute atomic E-state index is 5.47. The van der Waals surface area contributed by atoms with Gasteiger partial charge in [-0.15, -0.1) is 0 Å². The van der Waals surface area contributed by atoms with Crippen LogP contribution in [0.3, 0.4) is 0 Å². The monoisotopic (exact) mass is 348 g/mol. The molecule has 3 aromatic rings. The van der Waals surface area contributed by atoms with Crippen molar-refractivity contribution in [3.8, 4) is 5.75 Å². The van der Waals surface area contributed by atoms with Gasteiger partial charge in [-0.2, -0.15) is 4.98 Å². The van der Waals surface area contributed by atoms with Crippen molar-refractivity contribution >= 4 is 23.1 Å². The first-order valence-corrected chi connectivity index (χ1v) is 8.88. The Morgan fingerprint density at radius 1 is 0.923 bits per heavy atom. The molecule has 0 saturated heterocycles. The van der Waals surface area contributed by atoms with Crippen molar-refractivity contribution < 1.29 is 4.74 Å². The van der Waals surface area contributed by atoms with Gasteiger partial charge in [0, 0.05) is 23.1 Å². The first kappa shape index (κ1) is 17.7. The second-order valence-corrected chi connectivity index (χ2v) is 5.94. The number of nitrogens with one attached hydrogen (secondary N) is 2. The molecule has 1 heterocycles. The summed E-state index contributed by atoms with van der Waals surface area (Å²) in [7, 11) is 0. The maximum Gasteiger partial charge on any atom is 0.229 e. The van der Waals surface area contributed by atoms with Crippen molar-refractivity contribution in [3.63, 3.8) is 0 Å². The molecule has 134 valence electrons. The lowest BCUT2D eigenvalue weighted by atomic mass is 10.1. The molecule has 0 bridgehead atoms. The highest BCUT2D eigenvalue weighted by atomic mass is 16.5. The minimum absolute atomic E-state index is 0.583. The fraction of sp³-hybridized carbons (Fsp3) is 0.238. The van der Waals surface area contributed by atoms with Crippen LogP contribution in [0.2, 0.25) is 0 Å². The first-order chi connectivity index (χ1) is 12.7. The molecule has 0 aliphatic rings. The van der Waals surface area contributed by atoms with Gasteiger partial charge in [-0.3, -0.25) is 0 Å². The standard InChI is InChI=1S/C21H24N4O/c1-4-16-8-6-7-9-19(16)24-21-22-15(3)14-20(25-21)23-17-10-12-18(13-11-17)26-5-2/h6-14H,4-5H2,1-3H3,(H2,22,23,24,25). The normalized spacial score (nSPS) is 10.4. The minimum atomic E-state index is 0.583. The van der Waals surface area contributed by atoms with Crippen LogP contribution in [0, 0.1) is 6.92 Å². The van der Waals surface area contributed by atoms with Crippen LogP contribution < -0.4 is 15.4 Å². The summed E-state index contributed by atoms with van der Waals surface area (Å²) in [5.41, 5.74) is 4.11. The van der Waals surface area contributed by atoms with Gasteiger partial charge in [-0.05, 0) is 56.2 Å². The van der Waals surface area contributed by atoms with Crippen molar-refractivity contribution in [3.05, 3.63) is 65.9 Å². The molecule has 0 fully saturated rings. The molecule has 0 saturated carbocycles. The fourth-order valence-electron chi connectivity index (χ4n) is 2.71. The summed E-state index contributed by atoms with van der Waals surface area (Å²) < 4.78 is 5.47. The molecule has 1 aromatic heterocycles. The number of hydrogen-bond donors (Lipinski definition) is 2. The molecule has 26 heavy (non-hydrogen) atoms. The zero-order valence-corrected chi connectivity index (χ0v) is 15.4. The van der Waals surface area contributed by atoms with Gasteiger partial charge in [-0.25, -0.2) is 4.98 Å². The van der Waals surface area contributed by atoms with E-state index in [2.05, 4.69) is 33.6 Å². The quantitative estimate of drug-likeness (QED) is 0.612. The second-order valence-electron chi connectivity index (χ2n) is 5.94. The smallest absolute Gasteiger partial charge is 0.229 e. The number of anilines is 4. The number of benzene rings is 2. The lowest BCUT2D eigenvalue weighted by molar-refractivity contribution is 0.340. The summed E-state index contributed by atoms with van der Waals surface area (Å²) in [6, 6.07) is 18.0. The SMILES string of the molecule is CCOc1ccc(Nc2cc(C)nc(Nc3ccccc3CC)n2)cc1. The number of para-hydroxylation sites is 1. The highest BCUT2D eigenvalue weighted by Crippen LogP contribution is 2.23. The molecular weight excluding hydrogens is 324 g/mol. The fourth-order valence-corrected chi connectivity index (χ4v) is 2.71. The molecule has 0 radical (unpaired) electrons. The predicted molar refractivity (Wildman–Crippen MR) is 107 cm³/mol. The van der Waals surface area contributed by atoms with Gasteiger partial charge in [0.2, 0.25) is 5.95 Å². The van der Waals surface area contributed by atoms with Crippen LogP contribution in [0.25, 0.3) is 0 Å². The van der Waals surface area contributed by atoms with Crippen LogP contribution in [0.1, 0.15) is 25.1 Å². The summed E-state index contributed by atoms with van der Waals surface area (Å²) in [5.74, 6) is 2.19. The third-order valence-corrected chi connectivity index (χ3v) is 3.94. The minimum Gasteiger partial charge on any atom is -0.494 e. The number of ether oxygens (including phenoxy) is 1. The van der Waals surface area contributed by atoms with Crippen LogP contribution >= 0.6 is 0 Å². The van der Waals surface area contributed by atoms with Crippen molar-refractivity contribution in [2.24, 2.45) is 0 Å². The average molecular weight is 348 g/mol. The molecular formula is C21H24N4O. The van der Waals surface area contributed by atoms with Crippen LogP contribution in [0.15, 0.2) is 54.6 Å². The number of aromatic nitrogens is 2. The van der Waals surface area contributed by atoms with Crippen LogP contribution in [0.4, 0.5) is 23.1 Å². The van der Waals surface area contributed by atoms with Crippen LogP contribution in [-0.2, 0) is 6.42 Å². The molecule has 0 spiro atoms. The molecule has 2 aromatic carbocycles. The summed E-state index contributed by atoms with van der Waals surface area (Å²) >= 11 is 0. The predicted octanol–water partition coefficient (Wildman–Crippen LogP) is 5.23. The van der Waals surface area contributed by atoms with E-state index in [1.165, 1.54) is 5.56 Å². The van der Waals surface area contributed by atoms with E-state index in [-0.39, 0.29) is 0 Å². The van der Waals surface area contributed by atoms with E-state index in [0.29, 0.717) is 12.6 Å². The number of hydrogen-bond acceptors (Lipinski definition) is 5. The van der Waals surface area contributed by atoms with Gasteiger partial charge in [0.05, 0.1) is 6.61 Å². The zero-order chi connectivity index (χ0) is 18.4. The Labute approximate surface area is 154 Å². The second kappa shape index (κ2) is 8.34. The van der Waals surface area contributed by atoms with E-state index < -0.39 is 0 Å². The molecule has 3 rings (SSSR count). The number of aryl methyl sites for hydroxylation is 2.